The van der Waals surface area contributed by atoms with Gasteiger partial charge in [0.2, 0.25) is 0 Å². The van der Waals surface area contributed by atoms with Crippen molar-refractivity contribution in [1.82, 2.24) is 0 Å². The molecule has 3 fully saturated rings. The number of carbonyl (C=O) groups is 1. The van der Waals surface area contributed by atoms with Crippen LogP contribution in [0.2, 0.25) is 0 Å². The largest absolute Gasteiger partial charge is 0.461 e. The summed E-state index contributed by atoms with van der Waals surface area (Å²) < 4.78 is 6.04. The fourth-order valence-electron chi connectivity index (χ4n) is 7.03. The number of carbonyl (C=O) groups excluding carboxylic acids is 1. The molecular weight excluding hydrogens is 352 g/mol. The van der Waals surface area contributed by atoms with E-state index in [1.807, 2.05) is 20.8 Å². The Morgan fingerprint density at radius 1 is 1.14 bits per heavy atom. The summed E-state index contributed by atoms with van der Waals surface area (Å²) >= 11 is 0. The van der Waals surface area contributed by atoms with Crippen LogP contribution in [0.15, 0.2) is 11.1 Å². The Bertz CT molecular complexity index is 675. The van der Waals surface area contributed by atoms with Crippen LogP contribution in [-0.2, 0) is 9.53 Å². The maximum absolute atomic E-state index is 12.5. The molecule has 0 unspecified atom stereocenters. The summed E-state index contributed by atoms with van der Waals surface area (Å²) in [5.74, 6) is 0.795. The van der Waals surface area contributed by atoms with Crippen molar-refractivity contribution < 1.29 is 19.7 Å². The number of hydrogen-bond donors (Lipinski definition) is 2. The first kappa shape index (κ1) is 20.4. The van der Waals surface area contributed by atoms with Crippen LogP contribution in [0.25, 0.3) is 0 Å². The van der Waals surface area contributed by atoms with E-state index in [9.17, 15) is 15.0 Å². The first-order valence-corrected chi connectivity index (χ1v) is 11.3. The van der Waals surface area contributed by atoms with Gasteiger partial charge in [0.15, 0.2) is 0 Å². The Kier molecular flexibility index (Phi) is 4.98. The van der Waals surface area contributed by atoms with Crippen LogP contribution in [-0.4, -0.2) is 35.0 Å². The minimum absolute atomic E-state index is 0.0151. The van der Waals surface area contributed by atoms with E-state index in [-0.39, 0.29) is 35.6 Å². The van der Waals surface area contributed by atoms with Gasteiger partial charge in [-0.1, -0.05) is 18.1 Å². The van der Waals surface area contributed by atoms with E-state index in [1.54, 1.807) is 5.57 Å². The summed E-state index contributed by atoms with van der Waals surface area (Å²) in [6, 6.07) is 0. The van der Waals surface area contributed by atoms with Crippen molar-refractivity contribution in [3.8, 4) is 0 Å². The predicted molar refractivity (Wildman–Crippen MR) is 109 cm³/mol. The maximum atomic E-state index is 12.5. The molecule has 4 heteroatoms. The third-order valence-electron chi connectivity index (χ3n) is 8.74. The molecule has 0 radical (unpaired) electrons. The number of hydrogen-bond acceptors (Lipinski definition) is 4. The standard InChI is InChI=1S/C24H38O4/c1-22(2,3)21(27)28-20-8-7-18-17-6-5-15-13-16(26)9-12-24(15,14-25)19(17)10-11-23(18,20)4/h15-16,19-20,25-26H,5-14H2,1-4H3/t15-,16-,19-,20-,23-,24+/m0/s1. The lowest BCUT2D eigenvalue weighted by Crippen LogP contribution is -2.52. The Hall–Kier alpha value is -0.870. The number of fused-ring (bicyclic) bond motifs is 4. The number of allylic oxidation sites excluding steroid dienone is 1. The van der Waals surface area contributed by atoms with E-state index < -0.39 is 5.41 Å². The second-order valence-corrected chi connectivity index (χ2v) is 11.3. The van der Waals surface area contributed by atoms with Crippen LogP contribution < -0.4 is 0 Å². The second kappa shape index (κ2) is 6.84. The smallest absolute Gasteiger partial charge is 0.311 e. The molecule has 0 amide bonds. The number of aliphatic hydroxyl groups is 2. The zero-order valence-electron chi connectivity index (χ0n) is 18.1. The van der Waals surface area contributed by atoms with Gasteiger partial charge in [0, 0.05) is 17.4 Å². The van der Waals surface area contributed by atoms with Crippen molar-refractivity contribution in [2.75, 3.05) is 6.61 Å². The van der Waals surface area contributed by atoms with E-state index in [0.717, 1.165) is 57.8 Å². The van der Waals surface area contributed by atoms with Crippen molar-refractivity contribution in [3.05, 3.63) is 11.1 Å². The molecule has 0 aromatic heterocycles. The normalized spacial score (nSPS) is 43.2. The van der Waals surface area contributed by atoms with Crippen molar-refractivity contribution >= 4 is 5.97 Å². The van der Waals surface area contributed by atoms with Gasteiger partial charge in [-0.2, -0.15) is 0 Å². The quantitative estimate of drug-likeness (QED) is 0.542. The fourth-order valence-corrected chi connectivity index (χ4v) is 7.03. The average molecular weight is 391 g/mol. The first-order valence-electron chi connectivity index (χ1n) is 11.3. The summed E-state index contributed by atoms with van der Waals surface area (Å²) in [5.41, 5.74) is 2.56. The Labute approximate surface area is 169 Å². The minimum atomic E-state index is -0.467. The number of aliphatic hydroxyl groups excluding tert-OH is 2. The van der Waals surface area contributed by atoms with Crippen LogP contribution >= 0.6 is 0 Å². The van der Waals surface area contributed by atoms with E-state index in [4.69, 9.17) is 4.74 Å². The van der Waals surface area contributed by atoms with Crippen LogP contribution in [0.5, 0.6) is 0 Å². The first-order chi connectivity index (χ1) is 13.1. The third-order valence-corrected chi connectivity index (χ3v) is 8.74. The van der Waals surface area contributed by atoms with Crippen molar-refractivity contribution in [3.63, 3.8) is 0 Å². The maximum Gasteiger partial charge on any atom is 0.311 e. The molecule has 0 saturated heterocycles. The Balaban J connectivity index is 1.64. The van der Waals surface area contributed by atoms with Gasteiger partial charge in [0.25, 0.3) is 0 Å². The summed E-state index contributed by atoms with van der Waals surface area (Å²) in [6.07, 6.45) is 8.64. The highest BCUT2D eigenvalue weighted by molar-refractivity contribution is 5.75. The summed E-state index contributed by atoms with van der Waals surface area (Å²) in [5, 5.41) is 20.7. The van der Waals surface area contributed by atoms with Crippen molar-refractivity contribution in [1.29, 1.82) is 0 Å². The van der Waals surface area contributed by atoms with Gasteiger partial charge < -0.3 is 14.9 Å². The molecule has 3 saturated carbocycles. The highest BCUT2D eigenvalue weighted by atomic mass is 16.5. The average Bonchev–Trinajstić information content (AvgIpc) is 2.97. The molecule has 0 aromatic rings. The van der Waals surface area contributed by atoms with Crippen molar-refractivity contribution in [2.45, 2.75) is 97.7 Å². The molecule has 4 rings (SSSR count). The molecule has 158 valence electrons. The van der Waals surface area contributed by atoms with Gasteiger partial charge in [-0.15, -0.1) is 0 Å². The molecule has 6 atom stereocenters. The van der Waals surface area contributed by atoms with Gasteiger partial charge in [0.1, 0.15) is 6.10 Å². The van der Waals surface area contributed by atoms with Gasteiger partial charge in [-0.25, -0.2) is 0 Å². The zero-order chi connectivity index (χ0) is 20.3. The lowest BCUT2D eigenvalue weighted by Gasteiger charge is -2.57. The minimum Gasteiger partial charge on any atom is -0.461 e. The molecule has 28 heavy (non-hydrogen) atoms. The molecule has 0 spiro atoms. The Morgan fingerprint density at radius 2 is 1.89 bits per heavy atom. The molecule has 0 aliphatic heterocycles. The molecule has 0 heterocycles. The third kappa shape index (κ3) is 2.98. The summed E-state index contributed by atoms with van der Waals surface area (Å²) in [4.78, 5) is 12.5. The molecule has 0 aromatic carbocycles. The van der Waals surface area contributed by atoms with E-state index in [2.05, 4.69) is 6.92 Å². The summed E-state index contributed by atoms with van der Waals surface area (Å²) in [6.45, 7) is 8.32. The predicted octanol–water partition coefficient (Wildman–Crippen LogP) is 4.38. The molecule has 0 bridgehead atoms. The monoisotopic (exact) mass is 390 g/mol. The number of esters is 1. The van der Waals surface area contributed by atoms with E-state index >= 15 is 0 Å². The zero-order valence-corrected chi connectivity index (χ0v) is 18.1. The van der Waals surface area contributed by atoms with E-state index in [0.29, 0.717) is 11.8 Å². The summed E-state index contributed by atoms with van der Waals surface area (Å²) in [7, 11) is 0. The van der Waals surface area contributed by atoms with Gasteiger partial charge in [0.05, 0.1) is 11.5 Å². The van der Waals surface area contributed by atoms with Gasteiger partial charge in [-0.05, 0) is 90.4 Å². The van der Waals surface area contributed by atoms with Crippen LogP contribution in [0.3, 0.4) is 0 Å². The molecule has 4 nitrogen and oxygen atoms in total. The molecule has 4 aliphatic rings. The van der Waals surface area contributed by atoms with Crippen LogP contribution in [0.4, 0.5) is 0 Å². The Morgan fingerprint density at radius 3 is 2.57 bits per heavy atom. The van der Waals surface area contributed by atoms with Crippen LogP contribution in [0, 0.1) is 28.1 Å². The highest BCUT2D eigenvalue weighted by Gasteiger charge is 2.57. The number of ether oxygens (including phenoxy) is 1. The second-order valence-electron chi connectivity index (χ2n) is 11.3. The number of rotatable bonds is 2. The van der Waals surface area contributed by atoms with Crippen LogP contribution in [0.1, 0.15) is 85.5 Å². The lowest BCUT2D eigenvalue weighted by atomic mass is 9.49. The fraction of sp³-hybridized carbons (Fsp3) is 0.875. The topological polar surface area (TPSA) is 66.8 Å². The van der Waals surface area contributed by atoms with Gasteiger partial charge in [-0.3, -0.25) is 4.79 Å². The van der Waals surface area contributed by atoms with E-state index in [1.165, 1.54) is 5.57 Å². The van der Waals surface area contributed by atoms with Crippen molar-refractivity contribution in [2.24, 2.45) is 28.1 Å². The molecular formula is C24H38O4. The SMILES string of the molecule is CC(C)(C)C(=O)O[C@H]1CCC2=C3CC[C@H]4C[C@@H](O)CC[C@]4(CO)[C@H]3CC[C@@]21C. The molecule has 4 aliphatic carbocycles. The highest BCUT2D eigenvalue weighted by Crippen LogP contribution is 2.64. The molecule has 2 N–H and O–H groups in total. The van der Waals surface area contributed by atoms with Gasteiger partial charge >= 0.3 is 5.97 Å². The lowest BCUT2D eigenvalue weighted by molar-refractivity contribution is -0.163.